The Morgan fingerprint density at radius 3 is 2.75 bits per heavy atom. The molecule has 0 aromatic heterocycles. The van der Waals surface area contributed by atoms with Crippen molar-refractivity contribution in [1.82, 2.24) is 0 Å². The maximum Gasteiger partial charge on any atom is 0.174 e. The van der Waals surface area contributed by atoms with Gasteiger partial charge in [-0.15, -0.1) is 12.6 Å². The number of benzene rings is 1. The van der Waals surface area contributed by atoms with Crippen LogP contribution in [-0.2, 0) is 0 Å². The van der Waals surface area contributed by atoms with Crippen molar-refractivity contribution in [3.63, 3.8) is 0 Å². The van der Waals surface area contributed by atoms with Crippen molar-refractivity contribution < 1.29 is 14.6 Å². The highest BCUT2D eigenvalue weighted by Crippen LogP contribution is 2.34. The zero-order chi connectivity index (χ0) is 9.14. The molecule has 0 fully saturated rings. The maximum absolute atomic E-state index is 10.4. The first-order chi connectivity index (χ1) is 5.70. The molecule has 0 aliphatic carbocycles. The van der Waals surface area contributed by atoms with E-state index < -0.39 is 0 Å². The molecule has 0 saturated carbocycles. The van der Waals surface area contributed by atoms with E-state index in [1.165, 1.54) is 19.2 Å². The molecule has 3 nitrogen and oxygen atoms in total. The first-order valence-corrected chi connectivity index (χ1v) is 3.69. The first kappa shape index (κ1) is 8.93. The molecule has 1 aromatic carbocycles. The molecule has 4 heteroatoms. The van der Waals surface area contributed by atoms with Crippen LogP contribution >= 0.6 is 12.6 Å². The second-order valence-corrected chi connectivity index (χ2v) is 2.62. The van der Waals surface area contributed by atoms with Crippen LogP contribution < -0.4 is 4.74 Å². The number of methoxy groups -OCH3 is 1. The van der Waals surface area contributed by atoms with E-state index in [4.69, 9.17) is 4.74 Å². The topological polar surface area (TPSA) is 46.5 Å². The number of phenols is 1. The Labute approximate surface area is 75.4 Å². The number of ether oxygens (including phenoxy) is 1. The van der Waals surface area contributed by atoms with Crippen LogP contribution in [0.3, 0.4) is 0 Å². The molecule has 0 unspecified atom stereocenters. The molecule has 0 amide bonds. The molecular weight excluding hydrogens is 176 g/mol. The lowest BCUT2D eigenvalue weighted by atomic mass is 10.2. The monoisotopic (exact) mass is 184 g/mol. The Hall–Kier alpha value is -1.16. The van der Waals surface area contributed by atoms with Gasteiger partial charge in [0.1, 0.15) is 0 Å². The second kappa shape index (κ2) is 3.49. The molecule has 12 heavy (non-hydrogen) atoms. The van der Waals surface area contributed by atoms with Crippen LogP contribution in [0.15, 0.2) is 17.0 Å². The molecule has 0 aliphatic rings. The molecule has 0 heterocycles. The van der Waals surface area contributed by atoms with Crippen molar-refractivity contribution in [3.05, 3.63) is 17.7 Å². The summed E-state index contributed by atoms with van der Waals surface area (Å²) < 4.78 is 4.83. The summed E-state index contributed by atoms with van der Waals surface area (Å²) in [7, 11) is 1.41. The van der Waals surface area contributed by atoms with Crippen molar-refractivity contribution in [2.24, 2.45) is 0 Å². The summed E-state index contributed by atoms with van der Waals surface area (Å²) in [5.74, 6) is 0.205. The van der Waals surface area contributed by atoms with Crippen molar-refractivity contribution in [2.45, 2.75) is 4.90 Å². The van der Waals surface area contributed by atoms with Gasteiger partial charge >= 0.3 is 0 Å². The van der Waals surface area contributed by atoms with Gasteiger partial charge < -0.3 is 9.84 Å². The summed E-state index contributed by atoms with van der Waals surface area (Å²) >= 11 is 4.02. The summed E-state index contributed by atoms with van der Waals surface area (Å²) in [6, 6.07) is 2.87. The van der Waals surface area contributed by atoms with Gasteiger partial charge in [-0.05, 0) is 12.1 Å². The molecule has 0 bridgehead atoms. The van der Waals surface area contributed by atoms with Gasteiger partial charge in [-0.25, -0.2) is 0 Å². The lowest BCUT2D eigenvalue weighted by Crippen LogP contribution is -1.90. The summed E-state index contributed by atoms with van der Waals surface area (Å²) in [5, 5.41) is 9.22. The third-order valence-electron chi connectivity index (χ3n) is 1.47. The standard InChI is InChI=1S/C8H8O3S/c1-11-7-6(10)3-2-5(4-9)8(7)12/h2-4,10,12H,1H3. The van der Waals surface area contributed by atoms with Crippen LogP contribution in [0, 0.1) is 0 Å². The van der Waals surface area contributed by atoms with Gasteiger partial charge in [0.15, 0.2) is 17.8 Å². The van der Waals surface area contributed by atoms with Gasteiger partial charge in [-0.2, -0.15) is 0 Å². The number of hydrogen-bond acceptors (Lipinski definition) is 4. The van der Waals surface area contributed by atoms with E-state index in [1.807, 2.05) is 0 Å². The van der Waals surface area contributed by atoms with Crippen molar-refractivity contribution in [2.75, 3.05) is 7.11 Å². The van der Waals surface area contributed by atoms with E-state index in [1.54, 1.807) is 0 Å². The number of carbonyl (C=O) groups is 1. The average Bonchev–Trinajstić information content (AvgIpc) is 2.06. The van der Waals surface area contributed by atoms with E-state index in [9.17, 15) is 9.90 Å². The molecule has 1 N–H and O–H groups in total. The minimum atomic E-state index is -0.0203. The van der Waals surface area contributed by atoms with E-state index in [2.05, 4.69) is 12.6 Å². The third kappa shape index (κ3) is 1.38. The van der Waals surface area contributed by atoms with E-state index in [-0.39, 0.29) is 11.5 Å². The van der Waals surface area contributed by atoms with E-state index in [0.29, 0.717) is 16.7 Å². The largest absolute Gasteiger partial charge is 0.504 e. The summed E-state index contributed by atoms with van der Waals surface area (Å²) in [6.45, 7) is 0. The minimum Gasteiger partial charge on any atom is -0.504 e. The molecule has 0 radical (unpaired) electrons. The van der Waals surface area contributed by atoms with Gasteiger partial charge in [-0.1, -0.05) is 0 Å². The van der Waals surface area contributed by atoms with Crippen LogP contribution in [0.1, 0.15) is 10.4 Å². The van der Waals surface area contributed by atoms with Crippen molar-refractivity contribution in [3.8, 4) is 11.5 Å². The van der Waals surface area contributed by atoms with Crippen molar-refractivity contribution >= 4 is 18.9 Å². The number of hydrogen-bond donors (Lipinski definition) is 2. The molecular formula is C8H8O3S. The van der Waals surface area contributed by atoms with Gasteiger partial charge in [-0.3, -0.25) is 4.79 Å². The molecule has 0 atom stereocenters. The SMILES string of the molecule is COc1c(O)ccc(C=O)c1S. The lowest BCUT2D eigenvalue weighted by Gasteiger charge is -2.06. The van der Waals surface area contributed by atoms with Gasteiger partial charge in [0.2, 0.25) is 0 Å². The fraction of sp³-hybridized carbons (Fsp3) is 0.125. The Balaban J connectivity index is 3.33. The highest BCUT2D eigenvalue weighted by atomic mass is 32.1. The quantitative estimate of drug-likeness (QED) is 0.541. The molecule has 1 rings (SSSR count). The Bertz CT molecular complexity index is 309. The smallest absolute Gasteiger partial charge is 0.174 e. The van der Waals surface area contributed by atoms with Crippen LogP contribution in [-0.4, -0.2) is 18.5 Å². The van der Waals surface area contributed by atoms with Crippen LogP contribution in [0.25, 0.3) is 0 Å². The predicted molar refractivity (Wildman–Crippen MR) is 47.3 cm³/mol. The highest BCUT2D eigenvalue weighted by molar-refractivity contribution is 7.80. The maximum atomic E-state index is 10.4. The zero-order valence-corrected chi connectivity index (χ0v) is 7.34. The van der Waals surface area contributed by atoms with Gasteiger partial charge in [0, 0.05) is 5.56 Å². The van der Waals surface area contributed by atoms with E-state index >= 15 is 0 Å². The van der Waals surface area contributed by atoms with Crippen LogP contribution in [0.4, 0.5) is 0 Å². The first-order valence-electron chi connectivity index (χ1n) is 3.24. The lowest BCUT2D eigenvalue weighted by molar-refractivity contribution is 0.112. The highest BCUT2D eigenvalue weighted by Gasteiger charge is 2.09. The molecule has 0 spiro atoms. The number of aldehydes is 1. The molecule has 0 aliphatic heterocycles. The number of phenolic OH excluding ortho intramolecular Hbond substituents is 1. The number of carbonyl (C=O) groups excluding carboxylic acids is 1. The summed E-state index contributed by atoms with van der Waals surface area (Å²) in [6.07, 6.45) is 0.657. The van der Waals surface area contributed by atoms with Gasteiger partial charge in [0.25, 0.3) is 0 Å². The Morgan fingerprint density at radius 2 is 2.25 bits per heavy atom. The Morgan fingerprint density at radius 1 is 1.58 bits per heavy atom. The molecule has 1 aromatic rings. The number of rotatable bonds is 2. The fourth-order valence-corrected chi connectivity index (χ4v) is 1.21. The summed E-state index contributed by atoms with van der Waals surface area (Å²) in [4.78, 5) is 10.8. The normalized spacial score (nSPS) is 9.50. The third-order valence-corrected chi connectivity index (χ3v) is 1.93. The van der Waals surface area contributed by atoms with Gasteiger partial charge in [0.05, 0.1) is 12.0 Å². The number of thiol groups is 1. The summed E-state index contributed by atoms with van der Waals surface area (Å²) in [5.41, 5.74) is 0.396. The van der Waals surface area contributed by atoms with Crippen molar-refractivity contribution in [1.29, 1.82) is 0 Å². The average molecular weight is 184 g/mol. The zero-order valence-electron chi connectivity index (χ0n) is 6.44. The Kier molecular flexibility index (Phi) is 2.60. The number of aromatic hydroxyl groups is 1. The predicted octanol–water partition coefficient (Wildman–Crippen LogP) is 1.50. The van der Waals surface area contributed by atoms with Crippen LogP contribution in [0.2, 0.25) is 0 Å². The molecule has 64 valence electrons. The second-order valence-electron chi connectivity index (χ2n) is 2.17. The van der Waals surface area contributed by atoms with E-state index in [0.717, 1.165) is 0 Å². The fourth-order valence-electron chi connectivity index (χ4n) is 0.872. The van der Waals surface area contributed by atoms with Crippen LogP contribution in [0.5, 0.6) is 11.5 Å². The minimum absolute atomic E-state index is 0.0203. The molecule has 0 saturated heterocycles.